The summed E-state index contributed by atoms with van der Waals surface area (Å²) in [7, 11) is -3.64. The first kappa shape index (κ1) is 20.2. The van der Waals surface area contributed by atoms with Crippen molar-refractivity contribution < 1.29 is 22.7 Å². The summed E-state index contributed by atoms with van der Waals surface area (Å²) in [5, 5.41) is 0. The number of piperidine rings is 1. The molecule has 1 amide bonds. The predicted molar refractivity (Wildman–Crippen MR) is 99.6 cm³/mol. The molecule has 144 valence electrons. The Morgan fingerprint density at radius 2 is 1.77 bits per heavy atom. The first-order chi connectivity index (χ1) is 12.2. The van der Waals surface area contributed by atoms with E-state index in [1.54, 1.807) is 11.8 Å². The van der Waals surface area contributed by atoms with Gasteiger partial charge in [-0.2, -0.15) is 0 Å². The van der Waals surface area contributed by atoms with Crippen LogP contribution in [0.25, 0.3) is 0 Å². The summed E-state index contributed by atoms with van der Waals surface area (Å²) in [6.45, 7) is 5.18. The number of nitrogens with zero attached hydrogens (tertiary/aromatic N) is 2. The molecule has 0 spiro atoms. The number of carbonyl (C=O) groups excluding carboxylic acids is 2. The van der Waals surface area contributed by atoms with E-state index in [9.17, 15) is 18.0 Å². The molecule has 26 heavy (non-hydrogen) atoms. The standard InChI is InChI=1S/C18H26N2O5S/c1-4-25-18(22)15-5-7-16(8-6-15)20(26(3,23)24)13-17(21)19-11-9-14(2)10-12-19/h5-8,14H,4,9-13H2,1-3H3. The summed E-state index contributed by atoms with van der Waals surface area (Å²) in [6, 6.07) is 6.02. The zero-order valence-electron chi connectivity index (χ0n) is 15.5. The maximum absolute atomic E-state index is 12.5. The van der Waals surface area contributed by atoms with Crippen molar-refractivity contribution >= 4 is 27.6 Å². The van der Waals surface area contributed by atoms with E-state index in [-0.39, 0.29) is 19.1 Å². The van der Waals surface area contributed by atoms with E-state index in [4.69, 9.17) is 4.74 Å². The quantitative estimate of drug-likeness (QED) is 0.702. The third kappa shape index (κ3) is 5.20. The number of hydrogen-bond donors (Lipinski definition) is 0. The van der Waals surface area contributed by atoms with E-state index in [1.165, 1.54) is 24.3 Å². The fraction of sp³-hybridized carbons (Fsp3) is 0.556. The summed E-state index contributed by atoms with van der Waals surface area (Å²) >= 11 is 0. The van der Waals surface area contributed by atoms with E-state index in [0.717, 1.165) is 23.4 Å². The molecule has 0 aliphatic carbocycles. The Morgan fingerprint density at radius 1 is 1.19 bits per heavy atom. The number of sulfonamides is 1. The van der Waals surface area contributed by atoms with E-state index < -0.39 is 16.0 Å². The molecule has 8 heteroatoms. The highest BCUT2D eigenvalue weighted by Crippen LogP contribution is 2.21. The fourth-order valence-electron chi connectivity index (χ4n) is 2.86. The number of ether oxygens (including phenoxy) is 1. The van der Waals surface area contributed by atoms with Crippen molar-refractivity contribution in [2.75, 3.05) is 36.8 Å². The molecule has 0 unspecified atom stereocenters. The third-order valence-corrected chi connectivity index (χ3v) is 5.62. The topological polar surface area (TPSA) is 84.0 Å². The number of amides is 1. The van der Waals surface area contributed by atoms with Crippen molar-refractivity contribution in [3.05, 3.63) is 29.8 Å². The Labute approximate surface area is 155 Å². The molecule has 7 nitrogen and oxygen atoms in total. The van der Waals surface area contributed by atoms with Gasteiger partial charge in [0.25, 0.3) is 0 Å². The molecule has 1 heterocycles. The molecular weight excluding hydrogens is 356 g/mol. The number of esters is 1. The molecular formula is C18H26N2O5S. The molecule has 0 saturated carbocycles. The van der Waals surface area contributed by atoms with E-state index in [2.05, 4.69) is 6.92 Å². The highest BCUT2D eigenvalue weighted by molar-refractivity contribution is 7.92. The Bertz CT molecular complexity index is 737. The maximum atomic E-state index is 12.5. The Morgan fingerprint density at radius 3 is 2.27 bits per heavy atom. The van der Waals surface area contributed by atoms with E-state index in [1.807, 2.05) is 0 Å². The fourth-order valence-corrected chi connectivity index (χ4v) is 3.71. The van der Waals surface area contributed by atoms with Crippen LogP contribution < -0.4 is 4.31 Å². The van der Waals surface area contributed by atoms with Crippen molar-refractivity contribution in [3.8, 4) is 0 Å². The number of benzene rings is 1. The molecule has 1 aliphatic rings. The molecule has 0 radical (unpaired) electrons. The largest absolute Gasteiger partial charge is 0.462 e. The van der Waals surface area contributed by atoms with Crippen LogP contribution >= 0.6 is 0 Å². The number of anilines is 1. The van der Waals surface area contributed by atoms with Crippen molar-refractivity contribution in [1.29, 1.82) is 0 Å². The van der Waals surface area contributed by atoms with Crippen LogP contribution in [0.3, 0.4) is 0 Å². The lowest BCUT2D eigenvalue weighted by Gasteiger charge is -2.32. The molecule has 0 aromatic heterocycles. The highest BCUT2D eigenvalue weighted by atomic mass is 32.2. The SMILES string of the molecule is CCOC(=O)c1ccc(N(CC(=O)N2CCC(C)CC2)S(C)(=O)=O)cc1. The van der Waals surface area contributed by atoms with Gasteiger partial charge in [0, 0.05) is 13.1 Å². The van der Waals surface area contributed by atoms with Crippen LogP contribution in [-0.2, 0) is 19.6 Å². The molecule has 1 fully saturated rings. The van der Waals surface area contributed by atoms with Gasteiger partial charge >= 0.3 is 5.97 Å². The van der Waals surface area contributed by atoms with Crippen molar-refractivity contribution in [2.45, 2.75) is 26.7 Å². The number of hydrogen-bond acceptors (Lipinski definition) is 5. The van der Waals surface area contributed by atoms with Crippen molar-refractivity contribution in [3.63, 3.8) is 0 Å². The molecule has 0 atom stereocenters. The van der Waals surface area contributed by atoms with Gasteiger partial charge in [-0.15, -0.1) is 0 Å². The van der Waals surface area contributed by atoms with Crippen molar-refractivity contribution in [2.24, 2.45) is 5.92 Å². The molecule has 2 rings (SSSR count). The first-order valence-electron chi connectivity index (χ1n) is 8.75. The van der Waals surface area contributed by atoms with Crippen LogP contribution in [0.5, 0.6) is 0 Å². The monoisotopic (exact) mass is 382 g/mol. The van der Waals surface area contributed by atoms with E-state index in [0.29, 0.717) is 30.3 Å². The second kappa shape index (κ2) is 8.53. The summed E-state index contributed by atoms with van der Waals surface area (Å²) < 4.78 is 30.4. The molecule has 1 saturated heterocycles. The molecule has 1 aliphatic heterocycles. The lowest BCUT2D eigenvalue weighted by Crippen LogP contribution is -2.45. The van der Waals surface area contributed by atoms with Gasteiger partial charge in [0.2, 0.25) is 15.9 Å². The van der Waals surface area contributed by atoms with Crippen LogP contribution in [-0.4, -0.2) is 57.7 Å². The molecule has 0 bridgehead atoms. The van der Waals surface area contributed by atoms with Crippen LogP contribution in [0.4, 0.5) is 5.69 Å². The Hall–Kier alpha value is -2.09. The zero-order valence-corrected chi connectivity index (χ0v) is 16.3. The lowest BCUT2D eigenvalue weighted by atomic mass is 9.99. The van der Waals surface area contributed by atoms with Gasteiger partial charge < -0.3 is 9.64 Å². The van der Waals surface area contributed by atoms with Gasteiger partial charge in [0.05, 0.1) is 24.1 Å². The molecule has 0 N–H and O–H groups in total. The smallest absolute Gasteiger partial charge is 0.338 e. The van der Waals surface area contributed by atoms with Gasteiger partial charge in [0.15, 0.2) is 0 Å². The Kier molecular flexibility index (Phi) is 6.63. The second-order valence-corrected chi connectivity index (χ2v) is 8.51. The van der Waals surface area contributed by atoms with Gasteiger partial charge in [-0.05, 0) is 49.9 Å². The predicted octanol–water partition coefficient (Wildman–Crippen LogP) is 1.89. The normalized spacial score (nSPS) is 15.6. The van der Waals surface area contributed by atoms with Gasteiger partial charge in [-0.3, -0.25) is 9.10 Å². The lowest BCUT2D eigenvalue weighted by molar-refractivity contribution is -0.130. The van der Waals surface area contributed by atoms with Crippen LogP contribution in [0.2, 0.25) is 0 Å². The number of likely N-dealkylation sites (tertiary alicyclic amines) is 1. The third-order valence-electron chi connectivity index (χ3n) is 4.48. The molecule has 1 aromatic rings. The molecule has 1 aromatic carbocycles. The number of carbonyl (C=O) groups is 2. The minimum absolute atomic E-state index is 0.211. The summed E-state index contributed by atoms with van der Waals surface area (Å²) in [4.78, 5) is 26.0. The van der Waals surface area contributed by atoms with Crippen LogP contribution in [0.15, 0.2) is 24.3 Å². The van der Waals surface area contributed by atoms with Crippen molar-refractivity contribution in [1.82, 2.24) is 4.90 Å². The number of rotatable bonds is 6. The average Bonchev–Trinajstić information content (AvgIpc) is 2.59. The van der Waals surface area contributed by atoms with Crippen LogP contribution in [0.1, 0.15) is 37.0 Å². The van der Waals surface area contributed by atoms with Crippen LogP contribution in [0, 0.1) is 5.92 Å². The van der Waals surface area contributed by atoms with Gasteiger partial charge in [-0.1, -0.05) is 6.92 Å². The minimum Gasteiger partial charge on any atom is -0.462 e. The zero-order chi connectivity index (χ0) is 19.3. The Balaban J connectivity index is 2.15. The first-order valence-corrected chi connectivity index (χ1v) is 10.6. The highest BCUT2D eigenvalue weighted by Gasteiger charge is 2.26. The van der Waals surface area contributed by atoms with Gasteiger partial charge in [0.1, 0.15) is 6.54 Å². The minimum atomic E-state index is -3.64. The summed E-state index contributed by atoms with van der Waals surface area (Å²) in [5.74, 6) is -0.0965. The second-order valence-electron chi connectivity index (χ2n) is 6.60. The van der Waals surface area contributed by atoms with E-state index >= 15 is 0 Å². The summed E-state index contributed by atoms with van der Waals surface area (Å²) in [5.41, 5.74) is 0.680. The van der Waals surface area contributed by atoms with Gasteiger partial charge in [-0.25, -0.2) is 13.2 Å². The summed E-state index contributed by atoms with van der Waals surface area (Å²) in [6.07, 6.45) is 2.93. The maximum Gasteiger partial charge on any atom is 0.338 e. The average molecular weight is 382 g/mol.